The minimum atomic E-state index is -0.644. The Balaban J connectivity index is 2.11. The van der Waals surface area contributed by atoms with E-state index in [9.17, 15) is 5.11 Å². The standard InChI is InChI=1S/C31H49N3OS2/c1-9-13-18-24(11-3)30-32-20-27(33-30)28(35)23(7)25(12-4)21(5)17-14-15-19-26-29(22(6)16-10-2)37-31(34-26)36-8/h11,19-21,28,35H,9-10,12-18H2,1-8H3,(H,32,33)/b24-11-,25-23+,26-19-,29-22+. The molecule has 6 heteroatoms. The van der Waals surface area contributed by atoms with Gasteiger partial charge in [0.2, 0.25) is 0 Å². The monoisotopic (exact) mass is 543 g/mol. The van der Waals surface area contributed by atoms with Gasteiger partial charge in [-0.15, -0.1) is 11.3 Å². The van der Waals surface area contributed by atoms with Crippen LogP contribution in [0.3, 0.4) is 0 Å². The van der Waals surface area contributed by atoms with Crippen molar-refractivity contribution in [2.75, 3.05) is 6.26 Å². The summed E-state index contributed by atoms with van der Waals surface area (Å²) in [5, 5.41) is 12.4. The molecule has 206 valence electrons. The molecule has 0 aliphatic heterocycles. The summed E-state index contributed by atoms with van der Waals surface area (Å²) in [7, 11) is 0. The number of thioether (sulfide) groups is 1. The Morgan fingerprint density at radius 3 is 2.54 bits per heavy atom. The molecule has 2 aromatic rings. The van der Waals surface area contributed by atoms with Gasteiger partial charge in [-0.3, -0.25) is 0 Å². The van der Waals surface area contributed by atoms with Gasteiger partial charge in [-0.1, -0.05) is 75.6 Å². The topological polar surface area (TPSA) is 61.8 Å². The van der Waals surface area contributed by atoms with E-state index in [0.29, 0.717) is 5.92 Å². The van der Waals surface area contributed by atoms with E-state index in [2.05, 4.69) is 76.8 Å². The fourth-order valence-corrected chi connectivity index (χ4v) is 6.60. The van der Waals surface area contributed by atoms with Crippen molar-refractivity contribution in [1.82, 2.24) is 15.0 Å². The Hall–Kier alpha value is -1.63. The molecule has 4 nitrogen and oxygen atoms in total. The lowest BCUT2D eigenvalue weighted by molar-refractivity contribution is 0.208. The quantitative estimate of drug-likeness (QED) is 0.135. The Kier molecular flexibility index (Phi) is 14.0. The molecule has 37 heavy (non-hydrogen) atoms. The highest BCUT2D eigenvalue weighted by molar-refractivity contribution is 8.00. The third kappa shape index (κ3) is 8.97. The van der Waals surface area contributed by atoms with Gasteiger partial charge in [0.25, 0.3) is 0 Å². The smallest absolute Gasteiger partial charge is 0.150 e. The van der Waals surface area contributed by atoms with Crippen LogP contribution in [0.25, 0.3) is 17.2 Å². The fourth-order valence-electron chi connectivity index (χ4n) is 5.00. The molecule has 2 atom stereocenters. The highest BCUT2D eigenvalue weighted by Crippen LogP contribution is 2.31. The number of unbranched alkanes of at least 4 members (excludes halogenated alkanes) is 2. The molecular weight excluding hydrogens is 494 g/mol. The number of aromatic amines is 1. The molecule has 0 radical (unpaired) electrons. The number of aliphatic hydroxyl groups excluding tert-OH is 1. The van der Waals surface area contributed by atoms with Crippen LogP contribution in [-0.2, 0) is 0 Å². The number of H-pyrrole nitrogens is 1. The molecule has 0 fully saturated rings. The summed E-state index contributed by atoms with van der Waals surface area (Å²) < 4.78 is 2.52. The van der Waals surface area contributed by atoms with Gasteiger partial charge in [0.15, 0.2) is 4.34 Å². The number of hydrogen-bond acceptors (Lipinski definition) is 5. The summed E-state index contributed by atoms with van der Waals surface area (Å²) in [5.41, 5.74) is 5.87. The maximum Gasteiger partial charge on any atom is 0.150 e. The van der Waals surface area contributed by atoms with Crippen molar-refractivity contribution in [3.05, 3.63) is 44.8 Å². The van der Waals surface area contributed by atoms with E-state index < -0.39 is 6.10 Å². The Bertz CT molecular complexity index is 1160. The third-order valence-corrected chi connectivity index (χ3v) is 9.45. The van der Waals surface area contributed by atoms with Gasteiger partial charge in [0, 0.05) is 0 Å². The molecule has 2 aromatic heterocycles. The number of aliphatic hydroxyl groups is 1. The minimum Gasteiger partial charge on any atom is -0.382 e. The van der Waals surface area contributed by atoms with Gasteiger partial charge >= 0.3 is 0 Å². The highest BCUT2D eigenvalue weighted by atomic mass is 32.2. The van der Waals surface area contributed by atoms with Crippen molar-refractivity contribution in [3.63, 3.8) is 0 Å². The number of rotatable bonds is 15. The van der Waals surface area contributed by atoms with Crippen LogP contribution in [-0.4, -0.2) is 26.3 Å². The highest BCUT2D eigenvalue weighted by Gasteiger charge is 2.19. The van der Waals surface area contributed by atoms with Crippen LogP contribution in [0.15, 0.2) is 27.8 Å². The lowest BCUT2D eigenvalue weighted by atomic mass is 9.87. The SMILES string of the molecule is C/C=C(/CCCC)c1ncc(C(O)/C(C)=C(\CC)C(C)CCC/C=c2\nc(SC)s\c2=C(/C)CCC)[nH]1. The predicted octanol–water partition coefficient (Wildman–Crippen LogP) is 8.20. The van der Waals surface area contributed by atoms with E-state index in [-0.39, 0.29) is 0 Å². The van der Waals surface area contributed by atoms with E-state index in [4.69, 9.17) is 4.98 Å². The molecule has 0 aliphatic carbocycles. The van der Waals surface area contributed by atoms with E-state index in [1.807, 2.05) is 11.3 Å². The zero-order valence-corrected chi connectivity index (χ0v) is 26.0. The van der Waals surface area contributed by atoms with Crippen LogP contribution >= 0.6 is 23.1 Å². The zero-order valence-electron chi connectivity index (χ0n) is 24.4. The Labute approximate surface area is 233 Å². The summed E-state index contributed by atoms with van der Waals surface area (Å²) in [6.45, 7) is 15.3. The second-order valence-electron chi connectivity index (χ2n) is 10.0. The van der Waals surface area contributed by atoms with Crippen molar-refractivity contribution >= 4 is 40.3 Å². The molecule has 2 heterocycles. The molecule has 0 saturated heterocycles. The van der Waals surface area contributed by atoms with E-state index >= 15 is 0 Å². The summed E-state index contributed by atoms with van der Waals surface area (Å²) in [4.78, 5) is 12.8. The first kappa shape index (κ1) is 31.6. The minimum absolute atomic E-state index is 0.427. The number of imidazole rings is 1. The fraction of sp³-hybridized carbons (Fsp3) is 0.613. The lowest BCUT2D eigenvalue weighted by Crippen LogP contribution is -2.23. The lowest BCUT2D eigenvalue weighted by Gasteiger charge is -2.21. The van der Waals surface area contributed by atoms with Gasteiger partial charge in [-0.05, 0) is 89.0 Å². The molecule has 0 saturated carbocycles. The van der Waals surface area contributed by atoms with Gasteiger partial charge < -0.3 is 10.1 Å². The summed E-state index contributed by atoms with van der Waals surface area (Å²) in [6.07, 6.45) is 17.5. The van der Waals surface area contributed by atoms with Crippen LogP contribution in [0, 0.1) is 5.92 Å². The van der Waals surface area contributed by atoms with Crippen molar-refractivity contribution in [2.45, 2.75) is 117 Å². The first-order valence-corrected chi connectivity index (χ1v) is 16.1. The van der Waals surface area contributed by atoms with Crippen LogP contribution < -0.4 is 9.88 Å². The predicted molar refractivity (Wildman–Crippen MR) is 164 cm³/mol. The van der Waals surface area contributed by atoms with E-state index in [1.54, 1.807) is 18.0 Å². The number of aromatic nitrogens is 3. The summed E-state index contributed by atoms with van der Waals surface area (Å²) >= 11 is 3.57. The number of nitrogens with one attached hydrogen (secondary N) is 1. The largest absolute Gasteiger partial charge is 0.382 e. The molecule has 0 spiro atoms. The first-order chi connectivity index (χ1) is 17.8. The van der Waals surface area contributed by atoms with Crippen LogP contribution in [0.4, 0.5) is 0 Å². The van der Waals surface area contributed by atoms with Crippen molar-refractivity contribution in [2.24, 2.45) is 5.92 Å². The van der Waals surface area contributed by atoms with Crippen molar-refractivity contribution < 1.29 is 5.11 Å². The zero-order chi connectivity index (χ0) is 27.4. The van der Waals surface area contributed by atoms with Crippen LogP contribution in [0.2, 0.25) is 0 Å². The summed E-state index contributed by atoms with van der Waals surface area (Å²) in [5.74, 6) is 1.31. The molecule has 0 aromatic carbocycles. The number of nitrogens with zero attached hydrogens (tertiary/aromatic N) is 2. The molecular formula is C31H49N3OS2. The van der Waals surface area contributed by atoms with Gasteiger partial charge in [-0.2, -0.15) is 0 Å². The van der Waals surface area contributed by atoms with Gasteiger partial charge in [0.1, 0.15) is 11.9 Å². The maximum atomic E-state index is 11.2. The van der Waals surface area contributed by atoms with E-state index in [0.717, 1.165) is 72.8 Å². The molecule has 2 N–H and O–H groups in total. The number of hydrogen-bond donors (Lipinski definition) is 2. The molecule has 0 aliphatic rings. The summed E-state index contributed by atoms with van der Waals surface area (Å²) in [6, 6.07) is 0. The average molecular weight is 544 g/mol. The average Bonchev–Trinajstić information content (AvgIpc) is 3.55. The second-order valence-corrected chi connectivity index (χ2v) is 12.1. The number of allylic oxidation sites excluding steroid dienone is 3. The van der Waals surface area contributed by atoms with Gasteiger partial charge in [0.05, 0.1) is 21.8 Å². The normalized spacial score (nSPS) is 16.1. The Morgan fingerprint density at radius 1 is 1.16 bits per heavy atom. The molecule has 0 bridgehead atoms. The van der Waals surface area contributed by atoms with Crippen molar-refractivity contribution in [3.8, 4) is 0 Å². The van der Waals surface area contributed by atoms with Crippen LogP contribution in [0.1, 0.15) is 124 Å². The van der Waals surface area contributed by atoms with Gasteiger partial charge in [-0.25, -0.2) is 9.97 Å². The van der Waals surface area contributed by atoms with Crippen LogP contribution in [0.5, 0.6) is 0 Å². The Morgan fingerprint density at radius 2 is 1.92 bits per heavy atom. The first-order valence-electron chi connectivity index (χ1n) is 14.1. The molecule has 0 amide bonds. The molecule has 2 unspecified atom stereocenters. The van der Waals surface area contributed by atoms with Crippen molar-refractivity contribution in [1.29, 1.82) is 0 Å². The second kappa shape index (κ2) is 16.4. The molecule has 2 rings (SSSR count). The van der Waals surface area contributed by atoms with E-state index in [1.165, 1.54) is 33.0 Å². The number of thiazole rings is 1. The third-order valence-electron chi connectivity index (χ3n) is 7.23. The maximum absolute atomic E-state index is 11.2.